The number of hydrogen-bond donors (Lipinski definition) is 2. The first-order valence-corrected chi connectivity index (χ1v) is 11.0. The highest BCUT2D eigenvalue weighted by molar-refractivity contribution is 5.88. The smallest absolute Gasteiger partial charge is 0.181 e. The van der Waals surface area contributed by atoms with E-state index in [1.54, 1.807) is 0 Å². The van der Waals surface area contributed by atoms with E-state index in [9.17, 15) is 0 Å². The number of H-pyrrole nitrogens is 2. The number of aromatic amines is 2. The second kappa shape index (κ2) is 6.58. The lowest BCUT2D eigenvalue weighted by Crippen LogP contribution is -2.44. The number of nitrogens with one attached hydrogen (secondary N) is 2. The molecule has 2 aromatic heterocycles. The molecule has 7 rings (SSSR count). The standard InChI is InChI=1S/C25H22N6O/c1-30-9-11-31(12-10-30)16-6-8-19-21(14-16)28-24(26-19)15-5-7-18-20(13-15)29-25(27-18)17-3-2-4-22-23(17)32-22/h2-8,13-14H,9-12H2,1H3,(H,26,28)(H,27,29). The van der Waals surface area contributed by atoms with Gasteiger partial charge in [0.1, 0.15) is 11.6 Å². The summed E-state index contributed by atoms with van der Waals surface area (Å²) in [6.07, 6.45) is 0. The summed E-state index contributed by atoms with van der Waals surface area (Å²) in [4.78, 5) is 21.4. The maximum Gasteiger partial charge on any atom is 0.181 e. The Kier molecular flexibility index (Phi) is 3.66. The molecule has 2 aliphatic heterocycles. The average molecular weight is 422 g/mol. The molecule has 0 saturated carbocycles. The predicted molar refractivity (Wildman–Crippen MR) is 126 cm³/mol. The summed E-state index contributed by atoms with van der Waals surface area (Å²) in [6, 6.07) is 18.7. The van der Waals surface area contributed by atoms with Gasteiger partial charge in [-0.15, -0.1) is 0 Å². The Balaban J connectivity index is 1.23. The van der Waals surface area contributed by atoms with Crippen molar-refractivity contribution in [3.05, 3.63) is 54.6 Å². The van der Waals surface area contributed by atoms with Gasteiger partial charge >= 0.3 is 0 Å². The second-order valence-corrected chi connectivity index (χ2v) is 8.63. The maximum atomic E-state index is 5.52. The Bertz CT molecular complexity index is 1490. The number of hydrogen-bond acceptors (Lipinski definition) is 5. The van der Waals surface area contributed by atoms with Crippen LogP contribution in [0.1, 0.15) is 0 Å². The summed E-state index contributed by atoms with van der Waals surface area (Å²) in [6.45, 7) is 4.29. The van der Waals surface area contributed by atoms with Crippen LogP contribution >= 0.6 is 0 Å². The van der Waals surface area contributed by atoms with Crippen LogP contribution in [0.4, 0.5) is 5.69 Å². The average Bonchev–Trinajstić information content (AvgIpc) is 3.30. The minimum Gasteiger partial charge on any atom is -0.449 e. The number of para-hydroxylation sites is 1. The van der Waals surface area contributed by atoms with Gasteiger partial charge in [-0.05, 0) is 55.6 Å². The minimum atomic E-state index is 0.827. The molecule has 0 unspecified atom stereocenters. The predicted octanol–water partition coefficient (Wildman–Crippen LogP) is 4.63. The van der Waals surface area contributed by atoms with E-state index in [1.807, 2.05) is 24.3 Å². The van der Waals surface area contributed by atoms with Gasteiger partial charge in [-0.25, -0.2) is 9.97 Å². The van der Waals surface area contributed by atoms with Crippen molar-refractivity contribution in [2.75, 3.05) is 38.1 Å². The molecule has 3 aromatic carbocycles. The van der Waals surface area contributed by atoms with Gasteiger partial charge in [-0.3, -0.25) is 0 Å². The van der Waals surface area contributed by atoms with E-state index in [2.05, 4.69) is 57.1 Å². The topological polar surface area (TPSA) is 76.4 Å². The monoisotopic (exact) mass is 422 g/mol. The largest absolute Gasteiger partial charge is 0.449 e. The van der Waals surface area contributed by atoms with E-state index in [0.717, 1.165) is 82.5 Å². The highest BCUT2D eigenvalue weighted by atomic mass is 16.6. The Morgan fingerprint density at radius 3 is 2.44 bits per heavy atom. The number of fused-ring (bicyclic) bond motifs is 3. The number of aromatic nitrogens is 4. The van der Waals surface area contributed by atoms with Crippen molar-refractivity contribution in [1.82, 2.24) is 24.8 Å². The third-order valence-corrected chi connectivity index (χ3v) is 6.49. The first-order valence-electron chi connectivity index (χ1n) is 11.0. The number of piperazine rings is 1. The molecule has 0 radical (unpaired) electrons. The number of ether oxygens (including phenoxy) is 1. The molecule has 0 atom stereocenters. The van der Waals surface area contributed by atoms with Crippen LogP contribution in [0.5, 0.6) is 11.5 Å². The normalized spacial score (nSPS) is 15.8. The first-order chi connectivity index (χ1) is 15.7. The molecule has 5 aromatic rings. The van der Waals surface area contributed by atoms with Gasteiger partial charge in [0.05, 0.1) is 27.6 Å². The van der Waals surface area contributed by atoms with Gasteiger partial charge in [0.2, 0.25) is 0 Å². The molecule has 7 nitrogen and oxygen atoms in total. The molecule has 0 spiro atoms. The summed E-state index contributed by atoms with van der Waals surface area (Å²) in [5.41, 5.74) is 7.23. The Morgan fingerprint density at radius 2 is 1.56 bits per heavy atom. The lowest BCUT2D eigenvalue weighted by molar-refractivity contribution is 0.313. The fraction of sp³-hybridized carbons (Fsp3) is 0.200. The molecule has 0 bridgehead atoms. The SMILES string of the molecule is CN1CCN(c2ccc3nc(-c4ccc5nc(-c6cccc7c6O7)[nH]c5c4)[nH]c3c2)CC1. The van der Waals surface area contributed by atoms with Crippen LogP contribution in [0.2, 0.25) is 0 Å². The zero-order valence-electron chi connectivity index (χ0n) is 17.7. The molecular formula is C25H22N6O. The lowest BCUT2D eigenvalue weighted by atomic mass is 10.2. The van der Waals surface area contributed by atoms with Crippen LogP contribution in [-0.4, -0.2) is 58.1 Å². The molecule has 32 heavy (non-hydrogen) atoms. The molecule has 1 saturated heterocycles. The highest BCUT2D eigenvalue weighted by Gasteiger charge is 2.26. The molecular weight excluding hydrogens is 400 g/mol. The number of imidazole rings is 2. The summed E-state index contributed by atoms with van der Waals surface area (Å²) < 4.78 is 5.52. The number of benzene rings is 3. The summed E-state index contributed by atoms with van der Waals surface area (Å²) >= 11 is 0. The van der Waals surface area contributed by atoms with Crippen LogP contribution < -0.4 is 9.64 Å². The van der Waals surface area contributed by atoms with Crippen LogP contribution in [0.15, 0.2) is 54.6 Å². The van der Waals surface area contributed by atoms with Crippen molar-refractivity contribution in [2.24, 2.45) is 0 Å². The van der Waals surface area contributed by atoms with E-state index >= 15 is 0 Å². The fourth-order valence-corrected chi connectivity index (χ4v) is 4.56. The lowest BCUT2D eigenvalue weighted by Gasteiger charge is -2.34. The van der Waals surface area contributed by atoms with Crippen molar-refractivity contribution < 1.29 is 4.74 Å². The van der Waals surface area contributed by atoms with E-state index in [1.165, 1.54) is 5.69 Å². The van der Waals surface area contributed by atoms with Crippen LogP contribution in [0, 0.1) is 0 Å². The molecule has 0 aliphatic carbocycles. The summed E-state index contributed by atoms with van der Waals surface area (Å²) in [5.74, 6) is 3.54. The molecule has 158 valence electrons. The Morgan fingerprint density at radius 1 is 0.812 bits per heavy atom. The fourth-order valence-electron chi connectivity index (χ4n) is 4.56. The van der Waals surface area contributed by atoms with Crippen LogP contribution in [-0.2, 0) is 0 Å². The first kappa shape index (κ1) is 17.8. The van der Waals surface area contributed by atoms with E-state index in [0.29, 0.717) is 0 Å². The summed E-state index contributed by atoms with van der Waals surface area (Å²) in [5, 5.41) is 0. The molecule has 2 N–H and O–H groups in total. The maximum absolute atomic E-state index is 5.52. The van der Waals surface area contributed by atoms with Crippen LogP contribution in [0.25, 0.3) is 44.8 Å². The minimum absolute atomic E-state index is 0.827. The van der Waals surface area contributed by atoms with Gasteiger partial charge in [0, 0.05) is 37.4 Å². The van der Waals surface area contributed by atoms with Gasteiger partial charge < -0.3 is 24.5 Å². The van der Waals surface area contributed by atoms with Crippen molar-refractivity contribution in [2.45, 2.75) is 0 Å². The zero-order chi connectivity index (χ0) is 21.2. The Hall–Kier alpha value is -3.84. The second-order valence-electron chi connectivity index (χ2n) is 8.63. The van der Waals surface area contributed by atoms with E-state index in [4.69, 9.17) is 14.7 Å². The quantitative estimate of drug-likeness (QED) is 0.407. The van der Waals surface area contributed by atoms with Crippen LogP contribution in [0.3, 0.4) is 0 Å². The van der Waals surface area contributed by atoms with Gasteiger partial charge in [-0.1, -0.05) is 6.07 Å². The summed E-state index contributed by atoms with van der Waals surface area (Å²) in [7, 11) is 2.18. The third kappa shape index (κ3) is 2.85. The van der Waals surface area contributed by atoms with Gasteiger partial charge in [0.15, 0.2) is 11.5 Å². The molecule has 0 amide bonds. The van der Waals surface area contributed by atoms with Crippen molar-refractivity contribution in [3.8, 4) is 34.3 Å². The zero-order valence-corrected chi connectivity index (χ0v) is 17.7. The van der Waals surface area contributed by atoms with E-state index < -0.39 is 0 Å². The van der Waals surface area contributed by atoms with Crippen molar-refractivity contribution in [3.63, 3.8) is 0 Å². The third-order valence-electron chi connectivity index (χ3n) is 6.49. The van der Waals surface area contributed by atoms with Gasteiger partial charge in [0.25, 0.3) is 0 Å². The van der Waals surface area contributed by atoms with Crippen molar-refractivity contribution >= 4 is 27.8 Å². The molecule has 4 heterocycles. The number of likely N-dealkylation sites (N-methyl/N-ethyl adjacent to an activating group) is 1. The number of rotatable bonds is 3. The number of anilines is 1. The van der Waals surface area contributed by atoms with Crippen molar-refractivity contribution in [1.29, 1.82) is 0 Å². The Labute approximate surface area is 184 Å². The van der Waals surface area contributed by atoms with Gasteiger partial charge in [-0.2, -0.15) is 0 Å². The molecule has 7 heteroatoms. The number of nitrogens with zero attached hydrogens (tertiary/aromatic N) is 4. The van der Waals surface area contributed by atoms with E-state index in [-0.39, 0.29) is 0 Å². The molecule has 1 fully saturated rings. The molecule has 2 aliphatic rings. The highest BCUT2D eigenvalue weighted by Crippen LogP contribution is 2.51.